The molecule has 0 saturated carbocycles. The number of hydrogen-bond acceptors (Lipinski definition) is 1. The van der Waals surface area contributed by atoms with Gasteiger partial charge in [0.2, 0.25) is 0 Å². The molecular formula is C16H17F2N. The fourth-order valence-corrected chi connectivity index (χ4v) is 2.10. The van der Waals surface area contributed by atoms with Crippen LogP contribution in [0.15, 0.2) is 42.5 Å². The Bertz CT molecular complexity index is 566. The summed E-state index contributed by atoms with van der Waals surface area (Å²) in [5.74, 6) is -1.68. The Labute approximate surface area is 112 Å². The third-order valence-corrected chi connectivity index (χ3v) is 3.20. The van der Waals surface area contributed by atoms with Crippen molar-refractivity contribution in [3.05, 3.63) is 70.8 Å². The van der Waals surface area contributed by atoms with Crippen LogP contribution in [0.3, 0.4) is 0 Å². The highest BCUT2D eigenvalue weighted by Crippen LogP contribution is 2.19. The van der Waals surface area contributed by atoms with Crippen molar-refractivity contribution in [2.75, 3.05) is 0 Å². The van der Waals surface area contributed by atoms with E-state index < -0.39 is 11.6 Å². The third kappa shape index (κ3) is 3.61. The van der Waals surface area contributed by atoms with Crippen molar-refractivity contribution in [2.24, 2.45) is 5.73 Å². The van der Waals surface area contributed by atoms with E-state index >= 15 is 0 Å². The predicted octanol–water partition coefficient (Wildman–Crippen LogP) is 3.91. The summed E-state index contributed by atoms with van der Waals surface area (Å²) >= 11 is 0. The third-order valence-electron chi connectivity index (χ3n) is 3.20. The molecule has 1 unspecified atom stereocenters. The molecule has 2 N–H and O–H groups in total. The highest BCUT2D eigenvalue weighted by molar-refractivity contribution is 5.24. The fourth-order valence-electron chi connectivity index (χ4n) is 2.10. The molecule has 0 aliphatic carbocycles. The summed E-state index contributed by atoms with van der Waals surface area (Å²) in [7, 11) is 0. The molecule has 0 saturated heterocycles. The van der Waals surface area contributed by atoms with Crippen LogP contribution in [0, 0.1) is 18.6 Å². The Morgan fingerprint density at radius 1 is 1.05 bits per heavy atom. The van der Waals surface area contributed by atoms with Gasteiger partial charge in [0.25, 0.3) is 0 Å². The minimum absolute atomic E-state index is 0.282. The normalized spacial score (nSPS) is 12.4. The van der Waals surface area contributed by atoms with Crippen molar-refractivity contribution >= 4 is 0 Å². The van der Waals surface area contributed by atoms with Gasteiger partial charge in [-0.05, 0) is 43.0 Å². The Hall–Kier alpha value is -1.74. The Morgan fingerprint density at radius 2 is 1.84 bits per heavy atom. The Balaban J connectivity index is 2.01. The first-order valence-corrected chi connectivity index (χ1v) is 6.32. The minimum atomic E-state index is -0.844. The van der Waals surface area contributed by atoms with Crippen molar-refractivity contribution in [2.45, 2.75) is 25.8 Å². The van der Waals surface area contributed by atoms with E-state index in [1.807, 2.05) is 25.1 Å². The summed E-state index contributed by atoms with van der Waals surface area (Å²) in [6.45, 7) is 2.04. The molecule has 0 fully saturated rings. The summed E-state index contributed by atoms with van der Waals surface area (Å²) in [6, 6.07) is 11.8. The van der Waals surface area contributed by atoms with E-state index in [0.717, 1.165) is 12.5 Å². The van der Waals surface area contributed by atoms with Gasteiger partial charge in [0.05, 0.1) is 0 Å². The van der Waals surface area contributed by atoms with Gasteiger partial charge in [0.1, 0.15) is 0 Å². The zero-order valence-corrected chi connectivity index (χ0v) is 10.9. The lowest BCUT2D eigenvalue weighted by atomic mass is 9.99. The quantitative estimate of drug-likeness (QED) is 0.887. The maximum absolute atomic E-state index is 13.1. The highest BCUT2D eigenvalue weighted by Gasteiger charge is 2.09. The van der Waals surface area contributed by atoms with Crippen molar-refractivity contribution in [1.82, 2.24) is 0 Å². The number of rotatable bonds is 4. The molecule has 0 radical (unpaired) electrons. The van der Waals surface area contributed by atoms with Crippen LogP contribution in [0.2, 0.25) is 0 Å². The lowest BCUT2D eigenvalue weighted by Crippen LogP contribution is -2.12. The smallest absolute Gasteiger partial charge is 0.159 e. The molecular weight excluding hydrogens is 244 g/mol. The first-order valence-electron chi connectivity index (χ1n) is 6.32. The molecule has 2 rings (SSSR count). The van der Waals surface area contributed by atoms with E-state index in [1.54, 1.807) is 6.07 Å². The van der Waals surface area contributed by atoms with E-state index in [0.29, 0.717) is 12.0 Å². The maximum Gasteiger partial charge on any atom is 0.159 e. The van der Waals surface area contributed by atoms with Crippen LogP contribution in [-0.2, 0) is 6.42 Å². The molecule has 0 amide bonds. The molecule has 0 heterocycles. The standard InChI is InChI=1S/C16H17F2N/c1-11-3-2-4-12(9-11)5-8-16(19)13-6-7-14(17)15(18)10-13/h2-4,6-7,9-10,16H,5,8,19H2,1H3. The average molecular weight is 261 g/mol. The average Bonchev–Trinajstić information content (AvgIpc) is 2.39. The van der Waals surface area contributed by atoms with Gasteiger partial charge in [0, 0.05) is 6.04 Å². The van der Waals surface area contributed by atoms with Crippen LogP contribution in [0.4, 0.5) is 8.78 Å². The summed E-state index contributed by atoms with van der Waals surface area (Å²) in [6.07, 6.45) is 1.52. The SMILES string of the molecule is Cc1cccc(CCC(N)c2ccc(F)c(F)c2)c1. The number of aryl methyl sites for hydroxylation is 2. The summed E-state index contributed by atoms with van der Waals surface area (Å²) < 4.78 is 26.0. The van der Waals surface area contributed by atoms with Gasteiger partial charge in [-0.25, -0.2) is 8.78 Å². The van der Waals surface area contributed by atoms with E-state index in [2.05, 4.69) is 6.07 Å². The second-order valence-corrected chi connectivity index (χ2v) is 4.81. The lowest BCUT2D eigenvalue weighted by Gasteiger charge is -2.12. The number of hydrogen-bond donors (Lipinski definition) is 1. The molecule has 0 spiro atoms. The Kier molecular flexibility index (Phi) is 4.27. The molecule has 0 aliphatic heterocycles. The molecule has 3 heteroatoms. The predicted molar refractivity (Wildman–Crippen MR) is 72.8 cm³/mol. The van der Waals surface area contributed by atoms with Gasteiger partial charge in [-0.3, -0.25) is 0 Å². The topological polar surface area (TPSA) is 26.0 Å². The molecule has 2 aromatic carbocycles. The number of nitrogens with two attached hydrogens (primary N) is 1. The molecule has 100 valence electrons. The maximum atomic E-state index is 13.1. The second-order valence-electron chi connectivity index (χ2n) is 4.81. The van der Waals surface area contributed by atoms with Crippen molar-refractivity contribution in [3.63, 3.8) is 0 Å². The lowest BCUT2D eigenvalue weighted by molar-refractivity contribution is 0.504. The van der Waals surface area contributed by atoms with Gasteiger partial charge in [0.15, 0.2) is 11.6 Å². The van der Waals surface area contributed by atoms with E-state index in [-0.39, 0.29) is 6.04 Å². The van der Waals surface area contributed by atoms with Crippen LogP contribution < -0.4 is 5.73 Å². The second kappa shape index (κ2) is 5.93. The van der Waals surface area contributed by atoms with E-state index in [4.69, 9.17) is 5.73 Å². The van der Waals surface area contributed by atoms with Crippen molar-refractivity contribution in [3.8, 4) is 0 Å². The van der Waals surface area contributed by atoms with Crippen LogP contribution >= 0.6 is 0 Å². The Morgan fingerprint density at radius 3 is 2.53 bits per heavy atom. The molecule has 0 aromatic heterocycles. The van der Waals surface area contributed by atoms with Crippen molar-refractivity contribution < 1.29 is 8.78 Å². The molecule has 19 heavy (non-hydrogen) atoms. The summed E-state index contributed by atoms with van der Waals surface area (Å²) in [5, 5.41) is 0. The van der Waals surface area contributed by atoms with Gasteiger partial charge in [-0.1, -0.05) is 35.9 Å². The fraction of sp³-hybridized carbons (Fsp3) is 0.250. The summed E-state index contributed by atoms with van der Waals surface area (Å²) in [4.78, 5) is 0. The summed E-state index contributed by atoms with van der Waals surface area (Å²) in [5.41, 5.74) is 9.06. The highest BCUT2D eigenvalue weighted by atomic mass is 19.2. The molecule has 2 aromatic rings. The van der Waals surface area contributed by atoms with Crippen LogP contribution in [0.1, 0.15) is 29.2 Å². The van der Waals surface area contributed by atoms with Crippen molar-refractivity contribution in [1.29, 1.82) is 0 Å². The van der Waals surface area contributed by atoms with Crippen LogP contribution in [0.25, 0.3) is 0 Å². The monoisotopic (exact) mass is 261 g/mol. The molecule has 1 nitrogen and oxygen atoms in total. The van der Waals surface area contributed by atoms with Gasteiger partial charge in [-0.2, -0.15) is 0 Å². The van der Waals surface area contributed by atoms with E-state index in [9.17, 15) is 8.78 Å². The van der Waals surface area contributed by atoms with Gasteiger partial charge >= 0.3 is 0 Å². The first kappa shape index (κ1) is 13.7. The zero-order chi connectivity index (χ0) is 13.8. The molecule has 0 aliphatic rings. The minimum Gasteiger partial charge on any atom is -0.324 e. The molecule has 0 bridgehead atoms. The van der Waals surface area contributed by atoms with E-state index in [1.165, 1.54) is 17.2 Å². The van der Waals surface area contributed by atoms with Gasteiger partial charge < -0.3 is 5.73 Å². The number of benzene rings is 2. The largest absolute Gasteiger partial charge is 0.324 e. The first-order chi connectivity index (χ1) is 9.06. The van der Waals surface area contributed by atoms with Gasteiger partial charge in [-0.15, -0.1) is 0 Å². The zero-order valence-electron chi connectivity index (χ0n) is 10.9. The van der Waals surface area contributed by atoms with Crippen LogP contribution in [0.5, 0.6) is 0 Å². The van der Waals surface area contributed by atoms with Crippen LogP contribution in [-0.4, -0.2) is 0 Å². The number of halogens is 2. The molecule has 1 atom stereocenters.